The highest BCUT2D eigenvalue weighted by Crippen LogP contribution is 2.34. The topological polar surface area (TPSA) is 114 Å². The van der Waals surface area contributed by atoms with E-state index in [2.05, 4.69) is 19.2 Å². The van der Waals surface area contributed by atoms with Crippen molar-refractivity contribution in [2.75, 3.05) is 51.4 Å². The van der Waals surface area contributed by atoms with Crippen molar-refractivity contribution < 1.29 is 33.4 Å². The maximum absolute atomic E-state index is 13.0. The third-order valence-electron chi connectivity index (χ3n) is 6.32. The Kier molecular flexibility index (Phi) is 9.84. The van der Waals surface area contributed by atoms with Crippen LogP contribution in [-0.4, -0.2) is 78.8 Å². The Morgan fingerprint density at radius 2 is 1.77 bits per heavy atom. The number of ether oxygens (including phenoxy) is 3. The number of amides is 4. The second-order valence-electron chi connectivity index (χ2n) is 9.51. The molecule has 2 saturated heterocycles. The van der Waals surface area contributed by atoms with E-state index < -0.39 is 17.1 Å². The first-order chi connectivity index (χ1) is 19.2. The summed E-state index contributed by atoms with van der Waals surface area (Å²) in [6, 6.07) is 12.5. The first kappa shape index (κ1) is 29.2. The van der Waals surface area contributed by atoms with Gasteiger partial charge in [0.1, 0.15) is 6.54 Å². The molecule has 0 aliphatic carbocycles. The first-order valence-corrected chi connectivity index (χ1v) is 14.0. The zero-order chi connectivity index (χ0) is 28.6. The number of nitrogens with one attached hydrogen (secondary N) is 1. The van der Waals surface area contributed by atoms with Gasteiger partial charge in [0, 0.05) is 18.8 Å². The van der Waals surface area contributed by atoms with Gasteiger partial charge in [-0.3, -0.25) is 24.1 Å². The molecule has 2 fully saturated rings. The van der Waals surface area contributed by atoms with Crippen molar-refractivity contribution in [2.45, 2.75) is 26.7 Å². The Morgan fingerprint density at radius 3 is 2.45 bits per heavy atom. The molecule has 10 nitrogen and oxygen atoms in total. The molecule has 0 spiro atoms. The summed E-state index contributed by atoms with van der Waals surface area (Å²) in [5.74, 6) is 0.0204. The molecule has 11 heteroatoms. The smallest absolute Gasteiger partial charge is 0.294 e. The van der Waals surface area contributed by atoms with Crippen LogP contribution in [0.2, 0.25) is 0 Å². The summed E-state index contributed by atoms with van der Waals surface area (Å²) in [6.45, 7) is 7.90. The number of morpholine rings is 1. The fourth-order valence-electron chi connectivity index (χ4n) is 4.13. The summed E-state index contributed by atoms with van der Waals surface area (Å²) >= 11 is 0.770. The van der Waals surface area contributed by atoms with Gasteiger partial charge in [-0.05, 0) is 66.1 Å². The molecule has 0 saturated carbocycles. The number of nitrogens with zero attached hydrogens (tertiary/aromatic N) is 2. The molecule has 212 valence electrons. The molecule has 0 unspecified atom stereocenters. The van der Waals surface area contributed by atoms with Gasteiger partial charge >= 0.3 is 0 Å². The summed E-state index contributed by atoms with van der Waals surface area (Å²) < 4.78 is 16.7. The summed E-state index contributed by atoms with van der Waals surface area (Å²) in [7, 11) is 0. The predicted molar refractivity (Wildman–Crippen MR) is 152 cm³/mol. The van der Waals surface area contributed by atoms with E-state index in [9.17, 15) is 19.2 Å². The fraction of sp³-hybridized carbons (Fsp3) is 0.379. The Morgan fingerprint density at radius 1 is 1.05 bits per heavy atom. The van der Waals surface area contributed by atoms with Gasteiger partial charge < -0.3 is 24.4 Å². The molecule has 2 aliphatic rings. The van der Waals surface area contributed by atoms with E-state index >= 15 is 0 Å². The van der Waals surface area contributed by atoms with Crippen LogP contribution in [0.5, 0.6) is 11.5 Å². The van der Waals surface area contributed by atoms with Crippen molar-refractivity contribution in [1.82, 2.24) is 9.80 Å². The number of carbonyl (C=O) groups excluding carboxylic acids is 4. The van der Waals surface area contributed by atoms with E-state index in [0.717, 1.165) is 22.2 Å². The number of hydrogen-bond acceptors (Lipinski definition) is 8. The molecule has 0 radical (unpaired) electrons. The maximum Gasteiger partial charge on any atom is 0.294 e. The maximum atomic E-state index is 13.0. The summed E-state index contributed by atoms with van der Waals surface area (Å²) in [5.41, 5.74) is 2.34. The van der Waals surface area contributed by atoms with Crippen molar-refractivity contribution in [3.05, 3.63) is 58.5 Å². The third kappa shape index (κ3) is 7.42. The van der Waals surface area contributed by atoms with Crippen LogP contribution in [0.3, 0.4) is 0 Å². The van der Waals surface area contributed by atoms with Crippen LogP contribution in [0.15, 0.2) is 47.4 Å². The molecule has 0 aromatic heterocycles. The van der Waals surface area contributed by atoms with E-state index in [1.165, 1.54) is 0 Å². The fourth-order valence-corrected chi connectivity index (χ4v) is 4.97. The Labute approximate surface area is 237 Å². The minimum absolute atomic E-state index is 0.137. The molecule has 2 heterocycles. The molecular weight excluding hydrogens is 534 g/mol. The van der Waals surface area contributed by atoms with Gasteiger partial charge in [0.15, 0.2) is 18.1 Å². The second-order valence-corrected chi connectivity index (χ2v) is 10.5. The number of hydrogen-bond donors (Lipinski definition) is 1. The van der Waals surface area contributed by atoms with Crippen LogP contribution in [0, 0.1) is 0 Å². The van der Waals surface area contributed by atoms with Crippen molar-refractivity contribution in [3.63, 3.8) is 0 Å². The zero-order valence-electron chi connectivity index (χ0n) is 22.8. The normalized spacial score (nSPS) is 16.6. The SMILES string of the molecule is CCOc1cc(/C=C2\SC(=O)N(CC(=O)Nc3ccc(C(C)C)cc3)C2=O)ccc1OCC(=O)N1CCOCC1. The lowest BCUT2D eigenvalue weighted by molar-refractivity contribution is -0.137. The van der Waals surface area contributed by atoms with E-state index in [-0.39, 0.29) is 24.0 Å². The predicted octanol–water partition coefficient (Wildman–Crippen LogP) is 4.12. The number of benzene rings is 2. The Hall–Kier alpha value is -3.83. The van der Waals surface area contributed by atoms with Crippen LogP contribution < -0.4 is 14.8 Å². The molecule has 4 amide bonds. The summed E-state index contributed by atoms with van der Waals surface area (Å²) in [4.78, 5) is 53.3. The number of carbonyl (C=O) groups is 4. The molecule has 2 aliphatic heterocycles. The van der Waals surface area contributed by atoms with Crippen molar-refractivity contribution in [2.24, 2.45) is 0 Å². The molecule has 2 aromatic rings. The quantitative estimate of drug-likeness (QED) is 0.427. The van der Waals surface area contributed by atoms with Gasteiger partial charge in [0.05, 0.1) is 24.7 Å². The minimum atomic E-state index is -0.547. The van der Waals surface area contributed by atoms with Crippen LogP contribution in [-0.2, 0) is 19.1 Å². The lowest BCUT2D eigenvalue weighted by Crippen LogP contribution is -2.43. The van der Waals surface area contributed by atoms with Gasteiger partial charge in [0.2, 0.25) is 5.91 Å². The largest absolute Gasteiger partial charge is 0.490 e. The number of rotatable bonds is 10. The van der Waals surface area contributed by atoms with Gasteiger partial charge in [-0.15, -0.1) is 0 Å². The number of anilines is 1. The van der Waals surface area contributed by atoms with Crippen molar-refractivity contribution >= 4 is 46.5 Å². The van der Waals surface area contributed by atoms with Crippen molar-refractivity contribution in [1.29, 1.82) is 0 Å². The van der Waals surface area contributed by atoms with Crippen LogP contribution in [0.1, 0.15) is 37.8 Å². The number of imide groups is 1. The highest BCUT2D eigenvalue weighted by molar-refractivity contribution is 8.18. The molecule has 2 aromatic carbocycles. The average Bonchev–Trinajstić information content (AvgIpc) is 3.20. The van der Waals surface area contributed by atoms with Crippen LogP contribution in [0.25, 0.3) is 6.08 Å². The van der Waals surface area contributed by atoms with Crippen LogP contribution in [0.4, 0.5) is 10.5 Å². The second kappa shape index (κ2) is 13.5. The highest BCUT2D eigenvalue weighted by atomic mass is 32.2. The van der Waals surface area contributed by atoms with E-state index in [4.69, 9.17) is 14.2 Å². The van der Waals surface area contributed by atoms with Gasteiger partial charge in [-0.1, -0.05) is 32.0 Å². The standard InChI is InChI=1S/C29H33N3O7S/c1-4-38-24-15-20(5-10-23(24)39-18-27(34)31-11-13-37-14-12-31)16-25-28(35)32(29(36)40-25)17-26(33)30-22-8-6-21(7-9-22)19(2)3/h5-10,15-16,19H,4,11-14,17-18H2,1-3H3,(H,30,33)/b25-16-. The lowest BCUT2D eigenvalue weighted by Gasteiger charge is -2.26. The molecule has 0 atom stereocenters. The number of thioether (sulfide) groups is 1. The van der Waals surface area contributed by atoms with Gasteiger partial charge in [-0.2, -0.15) is 0 Å². The van der Waals surface area contributed by atoms with E-state index in [1.807, 2.05) is 19.1 Å². The highest BCUT2D eigenvalue weighted by Gasteiger charge is 2.36. The summed E-state index contributed by atoms with van der Waals surface area (Å²) in [6.07, 6.45) is 1.57. The average molecular weight is 568 g/mol. The van der Waals surface area contributed by atoms with Crippen molar-refractivity contribution in [3.8, 4) is 11.5 Å². The third-order valence-corrected chi connectivity index (χ3v) is 7.22. The Bertz CT molecular complexity index is 1290. The monoisotopic (exact) mass is 567 g/mol. The molecular formula is C29H33N3O7S. The zero-order valence-corrected chi connectivity index (χ0v) is 23.6. The minimum Gasteiger partial charge on any atom is -0.490 e. The molecule has 40 heavy (non-hydrogen) atoms. The lowest BCUT2D eigenvalue weighted by atomic mass is 10.0. The van der Waals surface area contributed by atoms with Crippen LogP contribution >= 0.6 is 11.8 Å². The first-order valence-electron chi connectivity index (χ1n) is 13.2. The van der Waals surface area contributed by atoms with Gasteiger partial charge in [0.25, 0.3) is 17.1 Å². The van der Waals surface area contributed by atoms with E-state index in [1.54, 1.807) is 41.3 Å². The summed E-state index contributed by atoms with van der Waals surface area (Å²) in [5, 5.41) is 2.21. The van der Waals surface area contributed by atoms with E-state index in [0.29, 0.717) is 61.6 Å². The molecule has 1 N–H and O–H groups in total. The molecule has 0 bridgehead atoms. The molecule has 4 rings (SSSR count). The van der Waals surface area contributed by atoms with Gasteiger partial charge in [-0.25, -0.2) is 0 Å². The Balaban J connectivity index is 1.39.